The number of methoxy groups -OCH3 is 2. The maximum atomic E-state index is 12.4. The predicted molar refractivity (Wildman–Crippen MR) is 94.1 cm³/mol. The van der Waals surface area contributed by atoms with Crippen LogP contribution in [-0.4, -0.2) is 32.1 Å². The van der Waals surface area contributed by atoms with E-state index in [0.29, 0.717) is 17.7 Å². The van der Waals surface area contributed by atoms with Crippen LogP contribution in [0.3, 0.4) is 0 Å². The van der Waals surface area contributed by atoms with Crippen LogP contribution in [0.25, 0.3) is 0 Å². The van der Waals surface area contributed by atoms with Crippen molar-refractivity contribution in [3.05, 3.63) is 64.1 Å². The second-order valence-corrected chi connectivity index (χ2v) is 6.03. The molecule has 0 aliphatic rings. The number of esters is 1. The van der Waals surface area contributed by atoms with Gasteiger partial charge in [-0.3, -0.25) is 4.79 Å². The number of carbonyl (C=O) groups is 2. The van der Waals surface area contributed by atoms with Crippen molar-refractivity contribution in [1.82, 2.24) is 5.32 Å². The Hall–Kier alpha value is -2.34. The maximum Gasteiger partial charge on any atom is 0.328 e. The third kappa shape index (κ3) is 4.83. The van der Waals surface area contributed by atoms with Gasteiger partial charge < -0.3 is 14.8 Å². The molecule has 2 aromatic carbocycles. The van der Waals surface area contributed by atoms with Crippen LogP contribution >= 0.6 is 15.9 Å². The van der Waals surface area contributed by atoms with Crippen LogP contribution in [0.4, 0.5) is 0 Å². The van der Waals surface area contributed by atoms with Gasteiger partial charge in [0.2, 0.25) is 0 Å². The minimum atomic E-state index is -0.784. The van der Waals surface area contributed by atoms with E-state index in [1.165, 1.54) is 7.11 Å². The molecule has 0 radical (unpaired) electrons. The topological polar surface area (TPSA) is 64.6 Å². The molecule has 0 aliphatic carbocycles. The monoisotopic (exact) mass is 391 g/mol. The Morgan fingerprint density at radius 2 is 1.88 bits per heavy atom. The first-order valence-corrected chi connectivity index (χ1v) is 8.10. The van der Waals surface area contributed by atoms with Gasteiger partial charge in [0.15, 0.2) is 0 Å². The molecule has 0 spiro atoms. The molecule has 2 aromatic rings. The first kappa shape index (κ1) is 18.0. The lowest BCUT2D eigenvalue weighted by Gasteiger charge is -2.17. The third-order valence-electron chi connectivity index (χ3n) is 3.45. The van der Waals surface area contributed by atoms with Crippen molar-refractivity contribution >= 4 is 27.8 Å². The number of nitrogens with one attached hydrogen (secondary N) is 1. The fourth-order valence-electron chi connectivity index (χ4n) is 2.24. The number of hydrogen-bond acceptors (Lipinski definition) is 4. The number of carbonyl (C=O) groups excluding carboxylic acids is 2. The lowest BCUT2D eigenvalue weighted by Crippen LogP contribution is -2.43. The lowest BCUT2D eigenvalue weighted by molar-refractivity contribution is -0.142. The van der Waals surface area contributed by atoms with E-state index >= 15 is 0 Å². The molecule has 1 atom stereocenters. The molecule has 0 bridgehead atoms. The zero-order valence-corrected chi connectivity index (χ0v) is 15.0. The molecular formula is C18H18BrNO4. The van der Waals surface area contributed by atoms with Crippen molar-refractivity contribution in [3.63, 3.8) is 0 Å². The fourth-order valence-corrected chi connectivity index (χ4v) is 2.64. The molecule has 2 rings (SSSR count). The predicted octanol–water partition coefficient (Wildman–Crippen LogP) is 2.97. The summed E-state index contributed by atoms with van der Waals surface area (Å²) in [4.78, 5) is 24.4. The van der Waals surface area contributed by atoms with E-state index in [4.69, 9.17) is 9.47 Å². The van der Waals surface area contributed by atoms with Crippen LogP contribution in [0.5, 0.6) is 5.75 Å². The zero-order chi connectivity index (χ0) is 17.5. The normalized spacial score (nSPS) is 11.5. The smallest absolute Gasteiger partial charge is 0.328 e. The molecule has 1 amide bonds. The molecule has 5 nitrogen and oxygen atoms in total. The molecule has 0 saturated heterocycles. The van der Waals surface area contributed by atoms with E-state index in [0.717, 1.165) is 10.0 Å². The quantitative estimate of drug-likeness (QED) is 0.768. The standard InChI is InChI=1S/C18H18BrNO4/c1-23-15-8-3-5-12(9-15)10-16(18(22)24-2)20-17(21)13-6-4-7-14(19)11-13/h3-9,11,16H,10H2,1-2H3,(H,20,21)/t16-/m1/s1. The van der Waals surface area contributed by atoms with Gasteiger partial charge in [0.05, 0.1) is 14.2 Å². The number of amides is 1. The fraction of sp³-hybridized carbons (Fsp3) is 0.222. The number of ether oxygens (including phenoxy) is 2. The van der Waals surface area contributed by atoms with Crippen LogP contribution in [-0.2, 0) is 16.0 Å². The number of benzene rings is 2. The summed E-state index contributed by atoms with van der Waals surface area (Å²) < 4.78 is 10.8. The summed E-state index contributed by atoms with van der Waals surface area (Å²) in [5.74, 6) is -0.148. The van der Waals surface area contributed by atoms with Crippen LogP contribution in [0, 0.1) is 0 Å². The van der Waals surface area contributed by atoms with E-state index in [-0.39, 0.29) is 5.91 Å². The molecule has 126 valence electrons. The summed E-state index contributed by atoms with van der Waals surface area (Å²) in [5, 5.41) is 2.72. The molecule has 0 aromatic heterocycles. The van der Waals surface area contributed by atoms with Crippen molar-refractivity contribution in [1.29, 1.82) is 0 Å². The average molecular weight is 392 g/mol. The molecule has 0 fully saturated rings. The largest absolute Gasteiger partial charge is 0.497 e. The van der Waals surface area contributed by atoms with Gasteiger partial charge in [-0.25, -0.2) is 4.79 Å². The van der Waals surface area contributed by atoms with Crippen molar-refractivity contribution in [2.45, 2.75) is 12.5 Å². The van der Waals surface area contributed by atoms with Crippen LogP contribution in [0.2, 0.25) is 0 Å². The van der Waals surface area contributed by atoms with Crippen molar-refractivity contribution in [2.75, 3.05) is 14.2 Å². The van der Waals surface area contributed by atoms with E-state index in [2.05, 4.69) is 21.2 Å². The van der Waals surface area contributed by atoms with Crippen LogP contribution < -0.4 is 10.1 Å². The molecule has 24 heavy (non-hydrogen) atoms. The van der Waals surface area contributed by atoms with Gasteiger partial charge in [-0.1, -0.05) is 34.1 Å². The lowest BCUT2D eigenvalue weighted by atomic mass is 10.0. The highest BCUT2D eigenvalue weighted by molar-refractivity contribution is 9.10. The first-order valence-electron chi connectivity index (χ1n) is 7.30. The Kier molecular flexibility index (Phi) is 6.37. The average Bonchev–Trinajstić information content (AvgIpc) is 2.60. The van der Waals surface area contributed by atoms with Gasteiger partial charge >= 0.3 is 5.97 Å². The van der Waals surface area contributed by atoms with E-state index in [1.54, 1.807) is 25.3 Å². The molecule has 0 saturated carbocycles. The Labute approximate surface area is 149 Å². The van der Waals surface area contributed by atoms with Crippen molar-refractivity contribution in [3.8, 4) is 5.75 Å². The molecule has 6 heteroatoms. The van der Waals surface area contributed by atoms with E-state index in [1.807, 2.05) is 30.3 Å². The third-order valence-corrected chi connectivity index (χ3v) is 3.95. The first-order chi connectivity index (χ1) is 11.5. The summed E-state index contributed by atoms with van der Waals surface area (Å²) in [6.07, 6.45) is 0.309. The van der Waals surface area contributed by atoms with Gasteiger partial charge in [0.1, 0.15) is 11.8 Å². The minimum Gasteiger partial charge on any atom is -0.497 e. The van der Waals surface area contributed by atoms with Crippen LogP contribution in [0.15, 0.2) is 53.0 Å². The van der Waals surface area contributed by atoms with Crippen molar-refractivity contribution in [2.24, 2.45) is 0 Å². The highest BCUT2D eigenvalue weighted by Gasteiger charge is 2.23. The van der Waals surface area contributed by atoms with Crippen molar-refractivity contribution < 1.29 is 19.1 Å². The second-order valence-electron chi connectivity index (χ2n) is 5.12. The highest BCUT2D eigenvalue weighted by atomic mass is 79.9. The summed E-state index contributed by atoms with van der Waals surface area (Å²) >= 11 is 3.32. The summed E-state index contributed by atoms with van der Waals surface area (Å²) in [5.41, 5.74) is 1.32. The van der Waals surface area contributed by atoms with Crippen LogP contribution in [0.1, 0.15) is 15.9 Å². The van der Waals surface area contributed by atoms with Gasteiger partial charge in [-0.15, -0.1) is 0 Å². The Morgan fingerprint density at radius 1 is 1.12 bits per heavy atom. The number of rotatable bonds is 6. The molecule has 1 N–H and O–H groups in total. The zero-order valence-electron chi connectivity index (χ0n) is 13.4. The van der Waals surface area contributed by atoms with Gasteiger partial charge in [0, 0.05) is 16.5 Å². The minimum absolute atomic E-state index is 0.309. The highest BCUT2D eigenvalue weighted by Crippen LogP contribution is 2.15. The van der Waals surface area contributed by atoms with E-state index in [9.17, 15) is 9.59 Å². The molecule has 0 heterocycles. The second kappa shape index (κ2) is 8.49. The molecule has 0 aliphatic heterocycles. The summed E-state index contributed by atoms with van der Waals surface area (Å²) in [7, 11) is 2.87. The number of halogens is 1. The summed E-state index contributed by atoms with van der Waals surface area (Å²) in [6, 6.07) is 13.5. The Bertz CT molecular complexity index is 732. The van der Waals surface area contributed by atoms with Gasteiger partial charge in [-0.2, -0.15) is 0 Å². The van der Waals surface area contributed by atoms with Gasteiger partial charge in [-0.05, 0) is 35.9 Å². The molecule has 0 unspecified atom stereocenters. The van der Waals surface area contributed by atoms with E-state index < -0.39 is 12.0 Å². The summed E-state index contributed by atoms with van der Waals surface area (Å²) in [6.45, 7) is 0. The Balaban J connectivity index is 2.16. The maximum absolute atomic E-state index is 12.4. The Morgan fingerprint density at radius 3 is 2.54 bits per heavy atom. The number of hydrogen-bond donors (Lipinski definition) is 1. The molecular weight excluding hydrogens is 374 g/mol. The SMILES string of the molecule is COC(=O)[C@@H](Cc1cccc(OC)c1)NC(=O)c1cccc(Br)c1. The van der Waals surface area contributed by atoms with Gasteiger partial charge in [0.25, 0.3) is 5.91 Å².